The summed E-state index contributed by atoms with van der Waals surface area (Å²) in [5.41, 5.74) is 1.07. The van der Waals surface area contributed by atoms with E-state index in [-0.39, 0.29) is 29.7 Å². The number of rotatable bonds is 8. The van der Waals surface area contributed by atoms with Crippen molar-refractivity contribution in [3.05, 3.63) is 42.3 Å². The summed E-state index contributed by atoms with van der Waals surface area (Å²) in [6, 6.07) is 9.79. The lowest BCUT2D eigenvalue weighted by Gasteiger charge is -2.15. The molecule has 2 aromatic heterocycles. The summed E-state index contributed by atoms with van der Waals surface area (Å²) in [7, 11) is -3.80. The van der Waals surface area contributed by atoms with Gasteiger partial charge in [-0.15, -0.1) is 0 Å². The molecule has 2 fully saturated rings. The zero-order valence-electron chi connectivity index (χ0n) is 17.7. The number of benzene rings is 1. The van der Waals surface area contributed by atoms with E-state index in [1.165, 1.54) is 12.1 Å². The van der Waals surface area contributed by atoms with Gasteiger partial charge in [0, 0.05) is 23.9 Å². The van der Waals surface area contributed by atoms with Crippen molar-refractivity contribution in [2.75, 3.05) is 15.8 Å². The third-order valence-corrected chi connectivity index (χ3v) is 7.70. The van der Waals surface area contributed by atoms with Gasteiger partial charge in [0.15, 0.2) is 0 Å². The number of aromatic amines is 1. The van der Waals surface area contributed by atoms with E-state index in [4.69, 9.17) is 5.26 Å². The molecular weight excluding hydrogens is 445 g/mol. The van der Waals surface area contributed by atoms with Crippen LogP contribution in [0.15, 0.2) is 36.5 Å². The predicted octanol–water partition coefficient (Wildman–Crippen LogP) is 4.15. The van der Waals surface area contributed by atoms with Gasteiger partial charge in [0.2, 0.25) is 15.9 Å². The van der Waals surface area contributed by atoms with Crippen LogP contribution < -0.4 is 10.0 Å². The van der Waals surface area contributed by atoms with Gasteiger partial charge >= 0.3 is 0 Å². The first-order chi connectivity index (χ1) is 15.8. The lowest BCUT2D eigenvalue weighted by molar-refractivity contribution is -0.117. The molecule has 0 spiro atoms. The van der Waals surface area contributed by atoms with Gasteiger partial charge in [0.25, 0.3) is 0 Å². The number of carbonyl (C=O) groups excluding carboxylic acids is 1. The van der Waals surface area contributed by atoms with Crippen molar-refractivity contribution in [2.45, 2.75) is 32.1 Å². The molecule has 170 valence electrons. The lowest BCUT2D eigenvalue weighted by atomic mass is 10.0. The number of nitriles is 1. The maximum atomic E-state index is 14.9. The van der Waals surface area contributed by atoms with Gasteiger partial charge in [-0.2, -0.15) is 5.26 Å². The molecule has 0 saturated heterocycles. The zero-order chi connectivity index (χ0) is 23.2. The van der Waals surface area contributed by atoms with Crippen LogP contribution in [0.1, 0.15) is 32.1 Å². The van der Waals surface area contributed by atoms with E-state index < -0.39 is 21.3 Å². The second-order valence-electron chi connectivity index (χ2n) is 8.95. The SMILES string of the molecule is N#CCC1(CS(=O)(=O)Nc2ccc(-c3cc(NC(=O)C4CC4)nc4[nH]ccc34)cc2F)CC1. The minimum absolute atomic E-state index is 0.0160. The number of hydrogen-bond acceptors (Lipinski definition) is 5. The van der Waals surface area contributed by atoms with Crippen LogP contribution in [0.2, 0.25) is 0 Å². The fraction of sp³-hybridized carbons (Fsp3) is 0.348. The highest BCUT2D eigenvalue weighted by atomic mass is 32.2. The Balaban J connectivity index is 1.41. The van der Waals surface area contributed by atoms with Gasteiger partial charge in [-0.3, -0.25) is 9.52 Å². The third kappa shape index (κ3) is 4.54. The zero-order valence-corrected chi connectivity index (χ0v) is 18.5. The molecule has 2 saturated carbocycles. The van der Waals surface area contributed by atoms with E-state index >= 15 is 0 Å². The number of H-pyrrole nitrogens is 1. The summed E-state index contributed by atoms with van der Waals surface area (Å²) in [4.78, 5) is 19.6. The highest BCUT2D eigenvalue weighted by Crippen LogP contribution is 2.49. The molecule has 3 N–H and O–H groups in total. The van der Waals surface area contributed by atoms with Crippen LogP contribution in [0.5, 0.6) is 0 Å². The Morgan fingerprint density at radius 2 is 2.06 bits per heavy atom. The Hall–Kier alpha value is -3.45. The molecule has 5 rings (SSSR count). The van der Waals surface area contributed by atoms with Crippen LogP contribution in [0.3, 0.4) is 0 Å². The normalized spacial score (nSPS) is 16.8. The largest absolute Gasteiger partial charge is 0.346 e. The molecule has 2 heterocycles. The lowest BCUT2D eigenvalue weighted by Crippen LogP contribution is -2.24. The molecule has 33 heavy (non-hydrogen) atoms. The topological polar surface area (TPSA) is 128 Å². The average molecular weight is 468 g/mol. The molecule has 1 amide bonds. The third-order valence-electron chi connectivity index (χ3n) is 6.18. The Morgan fingerprint density at radius 3 is 2.73 bits per heavy atom. The first kappa shape index (κ1) is 21.4. The number of nitrogens with zero attached hydrogens (tertiary/aromatic N) is 2. The predicted molar refractivity (Wildman–Crippen MR) is 122 cm³/mol. The van der Waals surface area contributed by atoms with Crippen molar-refractivity contribution >= 4 is 38.5 Å². The molecule has 8 nitrogen and oxygen atoms in total. The minimum Gasteiger partial charge on any atom is -0.346 e. The van der Waals surface area contributed by atoms with Gasteiger partial charge in [0.05, 0.1) is 17.5 Å². The molecule has 0 radical (unpaired) electrons. The van der Waals surface area contributed by atoms with Crippen LogP contribution >= 0.6 is 0 Å². The smallest absolute Gasteiger partial charge is 0.233 e. The number of pyridine rings is 1. The average Bonchev–Trinajstić information content (AvgIpc) is 3.68. The van der Waals surface area contributed by atoms with Crippen LogP contribution in [0.25, 0.3) is 22.2 Å². The van der Waals surface area contributed by atoms with Gasteiger partial charge < -0.3 is 10.3 Å². The second kappa shape index (κ2) is 7.85. The standard InChI is InChI=1S/C23H22FN5O3S/c24-18-11-15(3-4-19(18)29-33(31,32)13-23(6-7-23)8-9-25)17-12-20(28-22(30)14-1-2-14)27-21-16(17)5-10-26-21/h3-5,10-12,14,29H,1-2,6-8,13H2,(H2,26,27,28,30). The number of halogens is 1. The molecule has 10 heteroatoms. The molecule has 2 aliphatic rings. The molecule has 0 unspecified atom stereocenters. The maximum Gasteiger partial charge on any atom is 0.233 e. The summed E-state index contributed by atoms with van der Waals surface area (Å²) in [6.45, 7) is 0. The maximum absolute atomic E-state index is 14.9. The van der Waals surface area contributed by atoms with Crippen LogP contribution in [-0.2, 0) is 14.8 Å². The van der Waals surface area contributed by atoms with Crippen molar-refractivity contribution in [2.24, 2.45) is 11.3 Å². The van der Waals surface area contributed by atoms with Crippen molar-refractivity contribution in [1.82, 2.24) is 9.97 Å². The summed E-state index contributed by atoms with van der Waals surface area (Å²) in [5, 5.41) is 12.5. The van der Waals surface area contributed by atoms with E-state index in [1.54, 1.807) is 18.3 Å². The van der Waals surface area contributed by atoms with E-state index in [9.17, 15) is 17.6 Å². The van der Waals surface area contributed by atoms with Crippen LogP contribution in [-0.4, -0.2) is 30.0 Å². The number of fused-ring (bicyclic) bond motifs is 1. The number of aromatic nitrogens is 2. The highest BCUT2D eigenvalue weighted by molar-refractivity contribution is 7.92. The quantitative estimate of drug-likeness (QED) is 0.458. The van der Waals surface area contributed by atoms with E-state index in [0.717, 1.165) is 18.2 Å². The molecule has 2 aliphatic carbocycles. The number of nitrogens with one attached hydrogen (secondary N) is 3. The van der Waals surface area contributed by atoms with E-state index in [2.05, 4.69) is 20.0 Å². The number of hydrogen-bond donors (Lipinski definition) is 3. The van der Waals surface area contributed by atoms with Crippen molar-refractivity contribution < 1.29 is 17.6 Å². The molecule has 0 aliphatic heterocycles. The molecule has 1 aromatic carbocycles. The number of amides is 1. The van der Waals surface area contributed by atoms with Crippen molar-refractivity contribution in [1.29, 1.82) is 5.26 Å². The van der Waals surface area contributed by atoms with Crippen molar-refractivity contribution in [3.63, 3.8) is 0 Å². The summed E-state index contributed by atoms with van der Waals surface area (Å²) >= 11 is 0. The summed E-state index contributed by atoms with van der Waals surface area (Å²) in [5.74, 6) is -0.616. The Kier molecular flexibility index (Phi) is 5.09. The van der Waals surface area contributed by atoms with Crippen molar-refractivity contribution in [3.8, 4) is 17.2 Å². The van der Waals surface area contributed by atoms with Gasteiger partial charge in [-0.1, -0.05) is 6.07 Å². The Bertz CT molecular complexity index is 1400. The molecule has 0 bridgehead atoms. The summed E-state index contributed by atoms with van der Waals surface area (Å²) in [6.07, 6.45) is 4.97. The Morgan fingerprint density at radius 1 is 1.27 bits per heavy atom. The van der Waals surface area contributed by atoms with Gasteiger partial charge in [0.1, 0.15) is 17.3 Å². The number of anilines is 2. The molecular formula is C23H22FN5O3S. The minimum atomic E-state index is -3.80. The van der Waals surface area contributed by atoms with Gasteiger partial charge in [-0.25, -0.2) is 17.8 Å². The van der Waals surface area contributed by atoms with Crippen LogP contribution in [0.4, 0.5) is 15.9 Å². The second-order valence-corrected chi connectivity index (χ2v) is 10.7. The molecule has 0 atom stereocenters. The monoisotopic (exact) mass is 467 g/mol. The first-order valence-corrected chi connectivity index (χ1v) is 12.4. The highest BCUT2D eigenvalue weighted by Gasteiger charge is 2.46. The Labute approximate surface area is 190 Å². The van der Waals surface area contributed by atoms with E-state index in [1.807, 2.05) is 12.1 Å². The molecule has 3 aromatic rings. The van der Waals surface area contributed by atoms with Crippen LogP contribution in [0, 0.1) is 28.5 Å². The summed E-state index contributed by atoms with van der Waals surface area (Å²) < 4.78 is 42.4. The number of sulfonamides is 1. The van der Waals surface area contributed by atoms with Gasteiger partial charge in [-0.05, 0) is 66.5 Å². The fourth-order valence-electron chi connectivity index (χ4n) is 4.00. The van der Waals surface area contributed by atoms with E-state index in [0.29, 0.717) is 35.4 Å². The first-order valence-electron chi connectivity index (χ1n) is 10.7. The number of carbonyl (C=O) groups is 1. The fourth-order valence-corrected chi connectivity index (χ4v) is 5.77.